The topological polar surface area (TPSA) is 76.7 Å². The van der Waals surface area contributed by atoms with Crippen molar-refractivity contribution in [2.75, 3.05) is 6.61 Å². The van der Waals surface area contributed by atoms with Crippen molar-refractivity contribution in [1.82, 2.24) is 0 Å². The fourth-order valence-electron chi connectivity index (χ4n) is 2.45. The summed E-state index contributed by atoms with van der Waals surface area (Å²) in [4.78, 5) is 24.4. The summed E-state index contributed by atoms with van der Waals surface area (Å²) >= 11 is 0. The minimum Gasteiger partial charge on any atom is -0.508 e. The molecule has 0 aliphatic carbocycles. The van der Waals surface area contributed by atoms with E-state index in [0.717, 1.165) is 0 Å². The third-order valence-corrected chi connectivity index (χ3v) is 3.45. The fourth-order valence-corrected chi connectivity index (χ4v) is 2.45. The van der Waals surface area contributed by atoms with Gasteiger partial charge in [-0.2, -0.15) is 0 Å². The van der Waals surface area contributed by atoms with Crippen molar-refractivity contribution >= 4 is 27.9 Å². The molecule has 0 bridgehead atoms. The lowest BCUT2D eigenvalue weighted by atomic mass is 10.1. The number of aromatic hydroxyl groups is 1. The maximum absolute atomic E-state index is 12.6. The van der Waals surface area contributed by atoms with Crippen molar-refractivity contribution in [2.24, 2.45) is 0 Å². The second kappa shape index (κ2) is 5.18. The number of rotatable bonds is 2. The van der Waals surface area contributed by atoms with Crippen molar-refractivity contribution < 1.29 is 19.1 Å². The lowest BCUT2D eigenvalue weighted by molar-refractivity contribution is 0.0526. The Balaban J connectivity index is 2.33. The number of hydrogen-bond acceptors (Lipinski definition) is 5. The molecule has 3 rings (SSSR count). The van der Waals surface area contributed by atoms with Crippen molar-refractivity contribution in [3.63, 3.8) is 0 Å². The number of hydrogen-bond donors (Lipinski definition) is 1. The van der Waals surface area contributed by atoms with Gasteiger partial charge in [-0.05, 0) is 49.7 Å². The number of phenolic OH excluding ortho intramolecular Hbond substituents is 1. The quantitative estimate of drug-likeness (QED) is 0.581. The number of benzene rings is 2. The van der Waals surface area contributed by atoms with Crippen molar-refractivity contribution in [2.45, 2.75) is 13.8 Å². The molecule has 1 N–H and O–H groups in total. The highest BCUT2D eigenvalue weighted by atomic mass is 16.5. The first kappa shape index (κ1) is 14.1. The molecule has 0 radical (unpaired) electrons. The van der Waals surface area contributed by atoms with Gasteiger partial charge >= 0.3 is 5.97 Å². The number of phenols is 1. The van der Waals surface area contributed by atoms with E-state index in [0.29, 0.717) is 16.7 Å². The molecule has 3 aromatic rings. The summed E-state index contributed by atoms with van der Waals surface area (Å²) < 4.78 is 10.7. The molecule has 0 amide bonds. The van der Waals surface area contributed by atoms with Crippen LogP contribution in [0.2, 0.25) is 0 Å². The van der Waals surface area contributed by atoms with Gasteiger partial charge in [-0.25, -0.2) is 4.79 Å². The average molecular weight is 298 g/mol. The van der Waals surface area contributed by atoms with Gasteiger partial charge in [0.25, 0.3) is 0 Å². The Hall–Kier alpha value is -2.82. The third kappa shape index (κ3) is 2.20. The first-order valence-corrected chi connectivity index (χ1v) is 6.88. The van der Waals surface area contributed by atoms with E-state index < -0.39 is 5.97 Å². The lowest BCUT2D eigenvalue weighted by Crippen LogP contribution is -2.07. The molecule has 0 aliphatic rings. The van der Waals surface area contributed by atoms with Gasteiger partial charge in [-0.3, -0.25) is 4.79 Å². The molecule has 5 nitrogen and oxygen atoms in total. The van der Waals surface area contributed by atoms with E-state index in [1.165, 1.54) is 18.2 Å². The van der Waals surface area contributed by atoms with E-state index in [1.807, 2.05) is 0 Å². The Bertz CT molecular complexity index is 953. The summed E-state index contributed by atoms with van der Waals surface area (Å²) in [6.45, 7) is 3.73. The van der Waals surface area contributed by atoms with Gasteiger partial charge in [-0.1, -0.05) is 0 Å². The van der Waals surface area contributed by atoms with E-state index in [1.54, 1.807) is 26.0 Å². The minimum atomic E-state index is -0.490. The molecule has 0 saturated carbocycles. The van der Waals surface area contributed by atoms with Gasteiger partial charge < -0.3 is 14.3 Å². The van der Waals surface area contributed by atoms with Crippen LogP contribution >= 0.6 is 0 Å². The zero-order chi connectivity index (χ0) is 15.9. The Kier molecular flexibility index (Phi) is 3.33. The highest BCUT2D eigenvalue weighted by molar-refractivity contribution is 5.97. The Morgan fingerprint density at radius 2 is 2.00 bits per heavy atom. The van der Waals surface area contributed by atoms with E-state index in [4.69, 9.17) is 9.15 Å². The lowest BCUT2D eigenvalue weighted by Gasteiger charge is -2.06. The molecule has 0 atom stereocenters. The van der Waals surface area contributed by atoms with Crippen LogP contribution in [0.4, 0.5) is 0 Å². The van der Waals surface area contributed by atoms with Crippen LogP contribution in [0.1, 0.15) is 22.8 Å². The van der Waals surface area contributed by atoms with Crippen molar-refractivity contribution in [3.8, 4) is 5.75 Å². The van der Waals surface area contributed by atoms with Gasteiger partial charge in [0.15, 0.2) is 0 Å². The van der Waals surface area contributed by atoms with E-state index in [-0.39, 0.29) is 34.1 Å². The highest BCUT2D eigenvalue weighted by Crippen LogP contribution is 2.26. The largest absolute Gasteiger partial charge is 0.508 e. The van der Waals surface area contributed by atoms with Crippen LogP contribution in [0.5, 0.6) is 5.75 Å². The zero-order valence-electron chi connectivity index (χ0n) is 12.2. The van der Waals surface area contributed by atoms with Crippen LogP contribution < -0.4 is 5.43 Å². The maximum atomic E-state index is 12.6. The van der Waals surface area contributed by atoms with Crippen LogP contribution in [0.3, 0.4) is 0 Å². The number of ether oxygens (including phenoxy) is 1. The smallest absolute Gasteiger partial charge is 0.338 e. The van der Waals surface area contributed by atoms with Gasteiger partial charge in [0, 0.05) is 0 Å². The number of carbonyl (C=O) groups is 1. The average Bonchev–Trinajstić information content (AvgIpc) is 2.49. The molecule has 5 heteroatoms. The van der Waals surface area contributed by atoms with Gasteiger partial charge in [-0.15, -0.1) is 0 Å². The zero-order valence-corrected chi connectivity index (χ0v) is 12.2. The number of carbonyl (C=O) groups excluding carboxylic acids is 1. The number of esters is 1. The molecule has 0 fully saturated rings. The normalized spacial score (nSPS) is 11.0. The second-order valence-corrected chi connectivity index (χ2v) is 5.00. The van der Waals surface area contributed by atoms with Crippen LogP contribution in [0.25, 0.3) is 21.9 Å². The molecule has 0 saturated heterocycles. The molecule has 2 aromatic carbocycles. The monoisotopic (exact) mass is 298 g/mol. The molecule has 0 aliphatic heterocycles. The molecular weight excluding hydrogens is 284 g/mol. The van der Waals surface area contributed by atoms with Gasteiger partial charge in [0.2, 0.25) is 5.43 Å². The predicted octanol–water partition coefficient (Wildman–Crippen LogP) is 3.14. The third-order valence-electron chi connectivity index (χ3n) is 3.45. The van der Waals surface area contributed by atoms with Crippen molar-refractivity contribution in [1.29, 1.82) is 0 Å². The van der Waals surface area contributed by atoms with Crippen LogP contribution in [-0.2, 0) is 4.74 Å². The van der Waals surface area contributed by atoms with Gasteiger partial charge in [0.1, 0.15) is 16.9 Å². The molecule has 22 heavy (non-hydrogen) atoms. The highest BCUT2D eigenvalue weighted by Gasteiger charge is 2.14. The maximum Gasteiger partial charge on any atom is 0.338 e. The molecule has 1 aromatic heterocycles. The van der Waals surface area contributed by atoms with Crippen molar-refractivity contribution in [3.05, 3.63) is 51.7 Å². The van der Waals surface area contributed by atoms with E-state index >= 15 is 0 Å². The summed E-state index contributed by atoms with van der Waals surface area (Å²) in [6, 6.07) is 7.49. The summed E-state index contributed by atoms with van der Waals surface area (Å²) in [5.41, 5.74) is 1.49. The molecule has 0 spiro atoms. The SMILES string of the molecule is CCOC(=O)c1ccc2oc3c(C)cc(O)cc3c(=O)c2c1. The van der Waals surface area contributed by atoms with Crippen LogP contribution in [0, 0.1) is 6.92 Å². The Labute approximate surface area is 125 Å². The van der Waals surface area contributed by atoms with E-state index in [9.17, 15) is 14.7 Å². The van der Waals surface area contributed by atoms with E-state index in [2.05, 4.69) is 0 Å². The Morgan fingerprint density at radius 3 is 2.73 bits per heavy atom. The molecule has 0 unspecified atom stereocenters. The summed E-state index contributed by atoms with van der Waals surface area (Å²) in [6.07, 6.45) is 0. The first-order chi connectivity index (χ1) is 10.5. The summed E-state index contributed by atoms with van der Waals surface area (Å²) in [5, 5.41) is 10.2. The fraction of sp³-hybridized carbons (Fsp3) is 0.176. The second-order valence-electron chi connectivity index (χ2n) is 5.00. The standard InChI is InChI=1S/C17H14O5/c1-3-21-17(20)10-4-5-14-12(7-10)15(19)13-8-11(18)6-9(2)16(13)22-14/h4-8,18H,3H2,1-2H3. The van der Waals surface area contributed by atoms with Gasteiger partial charge in [0.05, 0.1) is 22.9 Å². The molecule has 112 valence electrons. The molecule has 1 heterocycles. The van der Waals surface area contributed by atoms with Crippen LogP contribution in [-0.4, -0.2) is 17.7 Å². The number of fused-ring (bicyclic) bond motifs is 2. The Morgan fingerprint density at radius 1 is 1.23 bits per heavy atom. The molecular formula is C17H14O5. The summed E-state index contributed by atoms with van der Waals surface area (Å²) in [7, 11) is 0. The van der Waals surface area contributed by atoms with Crippen LogP contribution in [0.15, 0.2) is 39.5 Å². The first-order valence-electron chi connectivity index (χ1n) is 6.88. The number of aryl methyl sites for hydroxylation is 1. The predicted molar refractivity (Wildman–Crippen MR) is 82.3 cm³/mol. The summed E-state index contributed by atoms with van der Waals surface area (Å²) in [5.74, 6) is -0.491. The minimum absolute atomic E-state index is 0.00167.